The number of carbonyl (C=O) groups is 1. The first-order valence-corrected chi connectivity index (χ1v) is 5.22. The molecule has 1 aliphatic rings. The van der Waals surface area contributed by atoms with Crippen molar-refractivity contribution in [1.82, 2.24) is 4.90 Å². The van der Waals surface area contributed by atoms with E-state index < -0.39 is 5.54 Å². The lowest BCUT2D eigenvalue weighted by Gasteiger charge is -2.24. The molecule has 0 saturated heterocycles. The number of nitrogens with zero attached hydrogens (tertiary/aromatic N) is 1. The fraction of sp³-hybridized carbons (Fsp3) is 0.900. The van der Waals surface area contributed by atoms with Crippen LogP contribution < -0.4 is 5.73 Å². The summed E-state index contributed by atoms with van der Waals surface area (Å²) >= 11 is 0. The topological polar surface area (TPSA) is 46.3 Å². The summed E-state index contributed by atoms with van der Waals surface area (Å²) in [6.45, 7) is 5.88. The number of hydrogen-bond donors (Lipinski definition) is 1. The Balaban J connectivity index is 2.48. The summed E-state index contributed by atoms with van der Waals surface area (Å²) < 4.78 is 0. The van der Waals surface area contributed by atoms with Gasteiger partial charge >= 0.3 is 0 Å². The van der Waals surface area contributed by atoms with Crippen molar-refractivity contribution in [3.63, 3.8) is 0 Å². The maximum Gasteiger partial charge on any atom is 0.242 e. The molecule has 0 bridgehead atoms. The molecule has 0 heterocycles. The molecular formula is C10H20N2O. The van der Waals surface area contributed by atoms with Crippen molar-refractivity contribution in [1.29, 1.82) is 0 Å². The molecule has 0 spiro atoms. The van der Waals surface area contributed by atoms with Crippen molar-refractivity contribution in [3.05, 3.63) is 0 Å². The molecule has 0 aromatic carbocycles. The van der Waals surface area contributed by atoms with E-state index in [1.807, 2.05) is 4.90 Å². The summed E-state index contributed by atoms with van der Waals surface area (Å²) in [7, 11) is 0. The number of nitrogens with two attached hydrogens (primary N) is 1. The van der Waals surface area contributed by atoms with Crippen molar-refractivity contribution < 1.29 is 4.79 Å². The highest BCUT2D eigenvalue weighted by atomic mass is 16.2. The Labute approximate surface area is 80.3 Å². The van der Waals surface area contributed by atoms with Crippen LogP contribution in [-0.2, 0) is 4.79 Å². The van der Waals surface area contributed by atoms with Crippen LogP contribution in [0.2, 0.25) is 0 Å². The first-order chi connectivity index (χ1) is 6.14. The van der Waals surface area contributed by atoms with E-state index in [-0.39, 0.29) is 5.91 Å². The second-order valence-corrected chi connectivity index (χ2v) is 3.95. The van der Waals surface area contributed by atoms with Crippen LogP contribution in [0.15, 0.2) is 0 Å². The van der Waals surface area contributed by atoms with E-state index in [1.165, 1.54) is 0 Å². The maximum atomic E-state index is 11.8. The summed E-state index contributed by atoms with van der Waals surface area (Å²) in [6, 6.07) is 0. The van der Waals surface area contributed by atoms with Crippen LogP contribution in [0.5, 0.6) is 0 Å². The molecule has 0 unspecified atom stereocenters. The molecule has 0 aromatic rings. The minimum atomic E-state index is -0.482. The molecule has 1 amide bonds. The Morgan fingerprint density at radius 1 is 1.31 bits per heavy atom. The van der Waals surface area contributed by atoms with E-state index in [4.69, 9.17) is 5.73 Å². The fourth-order valence-corrected chi connectivity index (χ4v) is 1.52. The number of amides is 1. The first kappa shape index (κ1) is 10.5. The number of rotatable bonds is 5. The van der Waals surface area contributed by atoms with Gasteiger partial charge in [-0.15, -0.1) is 0 Å². The van der Waals surface area contributed by atoms with Gasteiger partial charge in [0, 0.05) is 13.1 Å². The SMILES string of the molecule is CCCN(CCC)C(=O)C1(N)CC1. The Kier molecular flexibility index (Phi) is 3.31. The van der Waals surface area contributed by atoms with Gasteiger partial charge in [-0.25, -0.2) is 0 Å². The lowest BCUT2D eigenvalue weighted by Crippen LogP contribution is -2.46. The third kappa shape index (κ3) is 2.44. The summed E-state index contributed by atoms with van der Waals surface area (Å²) in [5, 5.41) is 0. The smallest absolute Gasteiger partial charge is 0.242 e. The molecule has 13 heavy (non-hydrogen) atoms. The van der Waals surface area contributed by atoms with Crippen LogP contribution in [0, 0.1) is 0 Å². The van der Waals surface area contributed by atoms with Gasteiger partial charge in [-0.2, -0.15) is 0 Å². The second-order valence-electron chi connectivity index (χ2n) is 3.95. The zero-order chi connectivity index (χ0) is 9.90. The van der Waals surface area contributed by atoms with Crippen molar-refractivity contribution in [3.8, 4) is 0 Å². The second kappa shape index (κ2) is 4.09. The normalized spacial score (nSPS) is 18.4. The molecular weight excluding hydrogens is 164 g/mol. The molecule has 1 aliphatic carbocycles. The van der Waals surface area contributed by atoms with Gasteiger partial charge < -0.3 is 10.6 Å². The number of carbonyl (C=O) groups excluding carboxylic acids is 1. The number of hydrogen-bond acceptors (Lipinski definition) is 2. The van der Waals surface area contributed by atoms with Crippen LogP contribution >= 0.6 is 0 Å². The third-order valence-corrected chi connectivity index (χ3v) is 2.49. The summed E-state index contributed by atoms with van der Waals surface area (Å²) in [5.41, 5.74) is 5.38. The van der Waals surface area contributed by atoms with Gasteiger partial charge in [0.1, 0.15) is 0 Å². The minimum absolute atomic E-state index is 0.163. The standard InChI is InChI=1S/C10H20N2O/c1-3-7-12(8-4-2)9(13)10(11)5-6-10/h3-8,11H2,1-2H3. The van der Waals surface area contributed by atoms with Crippen LogP contribution in [0.3, 0.4) is 0 Å². The molecule has 0 aliphatic heterocycles. The quantitative estimate of drug-likeness (QED) is 0.696. The highest BCUT2D eigenvalue weighted by Crippen LogP contribution is 2.34. The zero-order valence-electron chi connectivity index (χ0n) is 8.68. The van der Waals surface area contributed by atoms with E-state index in [0.717, 1.165) is 38.8 Å². The molecule has 3 nitrogen and oxygen atoms in total. The Morgan fingerprint density at radius 3 is 2.08 bits per heavy atom. The molecule has 1 rings (SSSR count). The average Bonchev–Trinajstić information content (AvgIpc) is 2.84. The third-order valence-electron chi connectivity index (χ3n) is 2.49. The molecule has 2 N–H and O–H groups in total. The van der Waals surface area contributed by atoms with Gasteiger partial charge in [-0.05, 0) is 25.7 Å². The summed E-state index contributed by atoms with van der Waals surface area (Å²) in [5.74, 6) is 0.163. The van der Waals surface area contributed by atoms with Crippen LogP contribution in [0.1, 0.15) is 39.5 Å². The Morgan fingerprint density at radius 2 is 1.77 bits per heavy atom. The van der Waals surface area contributed by atoms with E-state index in [1.54, 1.807) is 0 Å². The van der Waals surface area contributed by atoms with Crippen molar-refractivity contribution in [2.75, 3.05) is 13.1 Å². The van der Waals surface area contributed by atoms with Crippen LogP contribution in [-0.4, -0.2) is 29.4 Å². The minimum Gasteiger partial charge on any atom is -0.341 e. The van der Waals surface area contributed by atoms with E-state index in [0.29, 0.717) is 0 Å². The van der Waals surface area contributed by atoms with E-state index in [2.05, 4.69) is 13.8 Å². The lowest BCUT2D eigenvalue weighted by atomic mass is 10.2. The van der Waals surface area contributed by atoms with Gasteiger partial charge in [0.15, 0.2) is 0 Å². The zero-order valence-corrected chi connectivity index (χ0v) is 8.68. The predicted molar refractivity (Wildman–Crippen MR) is 53.3 cm³/mol. The van der Waals surface area contributed by atoms with E-state index >= 15 is 0 Å². The first-order valence-electron chi connectivity index (χ1n) is 5.22. The molecule has 1 fully saturated rings. The molecule has 1 saturated carbocycles. The van der Waals surface area contributed by atoms with Gasteiger partial charge in [-0.3, -0.25) is 4.79 Å². The van der Waals surface area contributed by atoms with Crippen LogP contribution in [0.4, 0.5) is 0 Å². The lowest BCUT2D eigenvalue weighted by molar-refractivity contribution is -0.133. The predicted octanol–water partition coefficient (Wildman–Crippen LogP) is 1.13. The molecule has 0 atom stereocenters. The largest absolute Gasteiger partial charge is 0.341 e. The summed E-state index contributed by atoms with van der Waals surface area (Å²) in [6.07, 6.45) is 3.77. The molecule has 0 aromatic heterocycles. The molecule has 3 heteroatoms. The van der Waals surface area contributed by atoms with Crippen LogP contribution in [0.25, 0.3) is 0 Å². The van der Waals surface area contributed by atoms with Gasteiger partial charge in [0.2, 0.25) is 5.91 Å². The van der Waals surface area contributed by atoms with Crippen molar-refractivity contribution in [2.45, 2.75) is 45.1 Å². The Hall–Kier alpha value is -0.570. The average molecular weight is 184 g/mol. The molecule has 0 radical (unpaired) electrons. The highest BCUT2D eigenvalue weighted by Gasteiger charge is 2.47. The summed E-state index contributed by atoms with van der Waals surface area (Å²) in [4.78, 5) is 13.7. The fourth-order valence-electron chi connectivity index (χ4n) is 1.52. The highest BCUT2D eigenvalue weighted by molar-refractivity contribution is 5.89. The van der Waals surface area contributed by atoms with Gasteiger partial charge in [0.25, 0.3) is 0 Å². The molecule has 76 valence electrons. The maximum absolute atomic E-state index is 11.8. The van der Waals surface area contributed by atoms with Gasteiger partial charge in [0.05, 0.1) is 5.54 Å². The van der Waals surface area contributed by atoms with Crippen molar-refractivity contribution in [2.24, 2.45) is 5.73 Å². The van der Waals surface area contributed by atoms with E-state index in [9.17, 15) is 4.79 Å². The Bertz CT molecular complexity index is 181. The van der Waals surface area contributed by atoms with Gasteiger partial charge in [-0.1, -0.05) is 13.8 Å². The van der Waals surface area contributed by atoms with Crippen molar-refractivity contribution >= 4 is 5.91 Å². The monoisotopic (exact) mass is 184 g/mol.